The average Bonchev–Trinajstić information content (AvgIpc) is 2.20. The maximum atomic E-state index is 12.6. The number of hydrogen-bond donors (Lipinski definition) is 0. The van der Waals surface area contributed by atoms with E-state index in [0.717, 1.165) is 4.90 Å². The van der Waals surface area contributed by atoms with Crippen molar-refractivity contribution in [2.45, 2.75) is 30.4 Å². The van der Waals surface area contributed by atoms with Crippen molar-refractivity contribution in [2.24, 2.45) is 0 Å². The van der Waals surface area contributed by atoms with Gasteiger partial charge in [-0.25, -0.2) is 4.39 Å². The number of thioether (sulfide) groups is 1. The molecule has 0 saturated carbocycles. The van der Waals surface area contributed by atoms with Gasteiger partial charge >= 0.3 is 0 Å². The molecule has 0 saturated heterocycles. The molecule has 1 rings (SSSR count). The number of carbonyl (C=O) groups is 1. The number of hydrogen-bond acceptors (Lipinski definition) is 2. The van der Waals surface area contributed by atoms with Gasteiger partial charge in [0.25, 0.3) is 0 Å². The fourth-order valence-electron chi connectivity index (χ4n) is 1.07. The van der Waals surface area contributed by atoms with Gasteiger partial charge in [-0.3, -0.25) is 4.79 Å². The zero-order chi connectivity index (χ0) is 10.6. The minimum atomic E-state index is -0.246. The molecule has 1 atom stereocenters. The Kier molecular flexibility index (Phi) is 4.14. The van der Waals surface area contributed by atoms with Gasteiger partial charge in [0.15, 0.2) is 0 Å². The molecule has 14 heavy (non-hydrogen) atoms. The Labute approximate surface area is 87.7 Å². The van der Waals surface area contributed by atoms with Crippen LogP contribution in [-0.2, 0) is 4.79 Å². The first-order valence-corrected chi connectivity index (χ1v) is 5.46. The van der Waals surface area contributed by atoms with E-state index in [0.29, 0.717) is 6.42 Å². The van der Waals surface area contributed by atoms with E-state index >= 15 is 0 Å². The van der Waals surface area contributed by atoms with Crippen LogP contribution in [0.2, 0.25) is 0 Å². The molecule has 0 aromatic heterocycles. The van der Waals surface area contributed by atoms with Crippen LogP contribution in [0.3, 0.4) is 0 Å². The van der Waals surface area contributed by atoms with E-state index in [2.05, 4.69) is 0 Å². The number of ketones is 1. The van der Waals surface area contributed by atoms with E-state index < -0.39 is 0 Å². The Balaban J connectivity index is 2.60. The first-order chi connectivity index (χ1) is 6.63. The zero-order valence-electron chi connectivity index (χ0n) is 8.29. The van der Waals surface area contributed by atoms with Gasteiger partial charge in [0.05, 0.1) is 5.25 Å². The summed E-state index contributed by atoms with van der Waals surface area (Å²) in [7, 11) is 0. The first-order valence-electron chi connectivity index (χ1n) is 4.58. The number of benzene rings is 1. The van der Waals surface area contributed by atoms with Crippen molar-refractivity contribution in [3.8, 4) is 0 Å². The number of Topliss-reactive ketones (excluding diaryl/α,β-unsaturated/α-hetero) is 1. The Morgan fingerprint density at radius 1 is 1.43 bits per heavy atom. The molecular weight excluding hydrogens is 199 g/mol. The summed E-state index contributed by atoms with van der Waals surface area (Å²) >= 11 is 1.47. The zero-order valence-corrected chi connectivity index (χ0v) is 9.10. The van der Waals surface area contributed by atoms with E-state index in [1.54, 1.807) is 12.1 Å². The lowest BCUT2D eigenvalue weighted by atomic mass is 10.2. The standard InChI is InChI=1S/C11H13FOS/c1-3-11(13)8(2)14-10-6-4-9(12)5-7-10/h4-8H,3H2,1-2H3. The minimum absolute atomic E-state index is 0.0505. The summed E-state index contributed by atoms with van der Waals surface area (Å²) < 4.78 is 12.6. The topological polar surface area (TPSA) is 17.1 Å². The van der Waals surface area contributed by atoms with Crippen molar-refractivity contribution < 1.29 is 9.18 Å². The number of carbonyl (C=O) groups excluding carboxylic acids is 1. The lowest BCUT2D eigenvalue weighted by molar-refractivity contribution is -0.117. The van der Waals surface area contributed by atoms with Crippen LogP contribution in [0.25, 0.3) is 0 Å². The second kappa shape index (κ2) is 5.15. The van der Waals surface area contributed by atoms with E-state index in [1.165, 1.54) is 23.9 Å². The van der Waals surface area contributed by atoms with Crippen molar-refractivity contribution in [3.05, 3.63) is 30.1 Å². The number of halogens is 1. The van der Waals surface area contributed by atoms with Crippen LogP contribution in [0.4, 0.5) is 4.39 Å². The third kappa shape index (κ3) is 3.14. The Hall–Kier alpha value is -0.830. The molecule has 1 aromatic rings. The maximum absolute atomic E-state index is 12.6. The predicted octanol–water partition coefficient (Wildman–Crippen LogP) is 3.29. The highest BCUT2D eigenvalue weighted by Crippen LogP contribution is 2.24. The molecule has 76 valence electrons. The van der Waals surface area contributed by atoms with Gasteiger partial charge in [-0.2, -0.15) is 0 Å². The van der Waals surface area contributed by atoms with Crippen molar-refractivity contribution in [2.75, 3.05) is 0 Å². The summed E-state index contributed by atoms with van der Waals surface area (Å²) in [5.74, 6) is -0.0249. The lowest BCUT2D eigenvalue weighted by Crippen LogP contribution is -2.10. The monoisotopic (exact) mass is 212 g/mol. The van der Waals surface area contributed by atoms with Gasteiger partial charge in [0.2, 0.25) is 0 Å². The summed E-state index contributed by atoms with van der Waals surface area (Å²) in [6.45, 7) is 3.73. The van der Waals surface area contributed by atoms with Crippen LogP contribution in [0.15, 0.2) is 29.2 Å². The predicted molar refractivity (Wildman–Crippen MR) is 57.0 cm³/mol. The van der Waals surface area contributed by atoms with Crippen molar-refractivity contribution in [1.82, 2.24) is 0 Å². The van der Waals surface area contributed by atoms with Crippen LogP contribution in [-0.4, -0.2) is 11.0 Å². The molecule has 0 heterocycles. The molecule has 0 aliphatic rings. The largest absolute Gasteiger partial charge is 0.298 e. The van der Waals surface area contributed by atoms with Gasteiger partial charge in [-0.05, 0) is 31.2 Å². The molecule has 0 radical (unpaired) electrons. The van der Waals surface area contributed by atoms with Gasteiger partial charge in [0.1, 0.15) is 11.6 Å². The second-order valence-electron chi connectivity index (χ2n) is 3.03. The lowest BCUT2D eigenvalue weighted by Gasteiger charge is -2.08. The molecule has 0 aliphatic heterocycles. The summed E-state index contributed by atoms with van der Waals surface area (Å²) in [5.41, 5.74) is 0. The maximum Gasteiger partial charge on any atom is 0.145 e. The summed E-state index contributed by atoms with van der Waals surface area (Å²) in [5, 5.41) is -0.0505. The average molecular weight is 212 g/mol. The normalized spacial score (nSPS) is 12.5. The van der Waals surface area contributed by atoms with Gasteiger partial charge in [-0.15, -0.1) is 11.8 Å². The van der Waals surface area contributed by atoms with E-state index in [1.807, 2.05) is 13.8 Å². The summed E-state index contributed by atoms with van der Waals surface area (Å²) in [6, 6.07) is 6.20. The van der Waals surface area contributed by atoms with Crippen LogP contribution >= 0.6 is 11.8 Å². The highest BCUT2D eigenvalue weighted by atomic mass is 32.2. The summed E-state index contributed by atoms with van der Waals surface area (Å²) in [4.78, 5) is 12.2. The van der Waals surface area contributed by atoms with Crippen LogP contribution in [0.5, 0.6) is 0 Å². The smallest absolute Gasteiger partial charge is 0.145 e. The molecule has 1 nitrogen and oxygen atoms in total. The quantitative estimate of drug-likeness (QED) is 0.712. The molecular formula is C11H13FOS. The van der Waals surface area contributed by atoms with E-state index in [-0.39, 0.29) is 16.9 Å². The van der Waals surface area contributed by atoms with Crippen molar-refractivity contribution in [3.63, 3.8) is 0 Å². The Bertz CT molecular complexity index is 308. The highest BCUT2D eigenvalue weighted by molar-refractivity contribution is 8.00. The second-order valence-corrected chi connectivity index (χ2v) is 4.45. The van der Waals surface area contributed by atoms with Crippen LogP contribution < -0.4 is 0 Å². The molecule has 0 amide bonds. The minimum Gasteiger partial charge on any atom is -0.298 e. The van der Waals surface area contributed by atoms with Crippen LogP contribution in [0.1, 0.15) is 20.3 Å². The third-order valence-electron chi connectivity index (χ3n) is 1.93. The van der Waals surface area contributed by atoms with Crippen LogP contribution in [0, 0.1) is 5.82 Å². The van der Waals surface area contributed by atoms with E-state index in [4.69, 9.17) is 0 Å². The fourth-order valence-corrected chi connectivity index (χ4v) is 2.07. The first kappa shape index (κ1) is 11.2. The number of rotatable bonds is 4. The van der Waals surface area contributed by atoms with Gasteiger partial charge in [-0.1, -0.05) is 6.92 Å². The summed E-state index contributed by atoms with van der Waals surface area (Å²) in [6.07, 6.45) is 0.551. The van der Waals surface area contributed by atoms with E-state index in [9.17, 15) is 9.18 Å². The molecule has 1 unspecified atom stereocenters. The fraction of sp³-hybridized carbons (Fsp3) is 0.364. The SMILES string of the molecule is CCC(=O)C(C)Sc1ccc(F)cc1. The third-order valence-corrected chi connectivity index (χ3v) is 3.09. The Morgan fingerprint density at radius 3 is 2.50 bits per heavy atom. The molecule has 1 aromatic carbocycles. The van der Waals surface area contributed by atoms with Crippen molar-refractivity contribution >= 4 is 17.5 Å². The molecule has 0 N–H and O–H groups in total. The van der Waals surface area contributed by atoms with Gasteiger partial charge in [0, 0.05) is 11.3 Å². The van der Waals surface area contributed by atoms with Crippen molar-refractivity contribution in [1.29, 1.82) is 0 Å². The molecule has 0 bridgehead atoms. The molecule has 3 heteroatoms. The molecule has 0 spiro atoms. The van der Waals surface area contributed by atoms with Gasteiger partial charge < -0.3 is 0 Å². The Morgan fingerprint density at radius 2 is 2.00 bits per heavy atom. The molecule has 0 aliphatic carbocycles. The highest BCUT2D eigenvalue weighted by Gasteiger charge is 2.11. The molecule has 0 fully saturated rings.